The van der Waals surface area contributed by atoms with Crippen molar-refractivity contribution in [3.63, 3.8) is 0 Å². The highest BCUT2D eigenvalue weighted by molar-refractivity contribution is 5.82. The molecule has 2 rings (SSSR count). The molecule has 16 heavy (non-hydrogen) atoms. The van der Waals surface area contributed by atoms with Crippen LogP contribution in [0, 0.1) is 0 Å². The zero-order valence-electron chi connectivity index (χ0n) is 9.26. The molecule has 0 radical (unpaired) electrons. The quantitative estimate of drug-likeness (QED) is 0.594. The van der Waals surface area contributed by atoms with E-state index in [1.54, 1.807) is 6.08 Å². The normalized spacial score (nSPS) is 11.2. The molecule has 0 unspecified atom stereocenters. The Kier molecular flexibility index (Phi) is 3.60. The summed E-state index contributed by atoms with van der Waals surface area (Å²) in [6.07, 6.45) is 6.00. The minimum atomic E-state index is 0.934. The standard InChI is InChI=1S/C15H16O/c16-11-5-1-2-6-13-9-10-14-7-3-4-8-15(14)12-13/h3-5,7-12,16H,1-2,6H2. The maximum absolute atomic E-state index is 8.52. The van der Waals surface area contributed by atoms with Crippen LogP contribution in [0.25, 0.3) is 10.8 Å². The van der Waals surface area contributed by atoms with Crippen LogP contribution >= 0.6 is 0 Å². The van der Waals surface area contributed by atoms with Crippen LogP contribution in [0.3, 0.4) is 0 Å². The van der Waals surface area contributed by atoms with Crippen molar-refractivity contribution in [2.75, 3.05) is 0 Å². The Morgan fingerprint density at radius 2 is 1.81 bits per heavy atom. The highest BCUT2D eigenvalue weighted by Crippen LogP contribution is 2.16. The lowest BCUT2D eigenvalue weighted by molar-refractivity contribution is 0.470. The van der Waals surface area contributed by atoms with Crippen LogP contribution in [0.2, 0.25) is 0 Å². The van der Waals surface area contributed by atoms with Crippen LogP contribution in [0.4, 0.5) is 0 Å². The lowest BCUT2D eigenvalue weighted by Gasteiger charge is -2.02. The van der Waals surface area contributed by atoms with Crippen molar-refractivity contribution in [1.82, 2.24) is 0 Å². The number of allylic oxidation sites excluding steroid dienone is 1. The summed E-state index contributed by atoms with van der Waals surface area (Å²) < 4.78 is 0. The molecule has 0 aliphatic heterocycles. The minimum Gasteiger partial charge on any atom is -0.516 e. The van der Waals surface area contributed by atoms with Crippen molar-refractivity contribution in [2.45, 2.75) is 19.3 Å². The van der Waals surface area contributed by atoms with Crippen molar-refractivity contribution in [2.24, 2.45) is 0 Å². The number of benzene rings is 2. The average molecular weight is 212 g/mol. The third kappa shape index (κ3) is 2.63. The van der Waals surface area contributed by atoms with Gasteiger partial charge in [0, 0.05) is 0 Å². The van der Waals surface area contributed by atoms with Gasteiger partial charge in [0.05, 0.1) is 6.26 Å². The van der Waals surface area contributed by atoms with Gasteiger partial charge in [0.15, 0.2) is 0 Å². The maximum Gasteiger partial charge on any atom is 0.0751 e. The molecule has 1 N–H and O–H groups in total. The number of aliphatic hydroxyl groups is 1. The molecule has 0 saturated carbocycles. The van der Waals surface area contributed by atoms with Crippen LogP contribution in [0.15, 0.2) is 54.8 Å². The van der Waals surface area contributed by atoms with Crippen LogP contribution < -0.4 is 0 Å². The van der Waals surface area contributed by atoms with Crippen LogP contribution in [0.1, 0.15) is 18.4 Å². The SMILES string of the molecule is OC=CCCCc1ccc2ccccc2c1. The first-order valence-electron chi connectivity index (χ1n) is 5.67. The zero-order valence-corrected chi connectivity index (χ0v) is 9.26. The zero-order chi connectivity index (χ0) is 11.2. The smallest absolute Gasteiger partial charge is 0.0751 e. The van der Waals surface area contributed by atoms with Gasteiger partial charge in [-0.1, -0.05) is 48.5 Å². The summed E-state index contributed by atoms with van der Waals surface area (Å²) in [6.45, 7) is 0. The molecule has 0 fully saturated rings. The lowest BCUT2D eigenvalue weighted by atomic mass is 10.0. The van der Waals surface area contributed by atoms with E-state index in [9.17, 15) is 0 Å². The fourth-order valence-corrected chi connectivity index (χ4v) is 1.89. The maximum atomic E-state index is 8.52. The summed E-state index contributed by atoms with van der Waals surface area (Å²) in [4.78, 5) is 0. The van der Waals surface area contributed by atoms with E-state index in [0.717, 1.165) is 25.5 Å². The number of hydrogen-bond donors (Lipinski definition) is 1. The topological polar surface area (TPSA) is 20.2 Å². The molecule has 0 bridgehead atoms. The first-order valence-corrected chi connectivity index (χ1v) is 5.67. The molecule has 0 aromatic heterocycles. The molecule has 2 aromatic carbocycles. The van der Waals surface area contributed by atoms with E-state index in [2.05, 4.69) is 42.5 Å². The van der Waals surface area contributed by atoms with Gasteiger partial charge in [-0.2, -0.15) is 0 Å². The van der Waals surface area contributed by atoms with E-state index in [4.69, 9.17) is 5.11 Å². The van der Waals surface area contributed by atoms with Crippen molar-refractivity contribution in [3.8, 4) is 0 Å². The molecule has 1 heteroatoms. The Morgan fingerprint density at radius 3 is 2.62 bits per heavy atom. The van der Waals surface area contributed by atoms with Gasteiger partial charge in [-0.25, -0.2) is 0 Å². The van der Waals surface area contributed by atoms with Gasteiger partial charge < -0.3 is 5.11 Å². The van der Waals surface area contributed by atoms with Gasteiger partial charge in [0.25, 0.3) is 0 Å². The molecule has 0 atom stereocenters. The van der Waals surface area contributed by atoms with Crippen LogP contribution in [0.5, 0.6) is 0 Å². The Balaban J connectivity index is 2.07. The molecule has 82 valence electrons. The van der Waals surface area contributed by atoms with Crippen molar-refractivity contribution >= 4 is 10.8 Å². The van der Waals surface area contributed by atoms with Crippen molar-refractivity contribution in [3.05, 3.63) is 60.4 Å². The lowest BCUT2D eigenvalue weighted by Crippen LogP contribution is -1.84. The summed E-state index contributed by atoms with van der Waals surface area (Å²) in [5.74, 6) is 0. The number of rotatable bonds is 4. The number of hydrogen-bond acceptors (Lipinski definition) is 1. The van der Waals surface area contributed by atoms with Crippen molar-refractivity contribution in [1.29, 1.82) is 0 Å². The Hall–Kier alpha value is -1.76. The predicted molar refractivity (Wildman–Crippen MR) is 68.7 cm³/mol. The first kappa shape index (κ1) is 10.7. The summed E-state index contributed by atoms with van der Waals surface area (Å²) in [6, 6.07) is 15.0. The average Bonchev–Trinajstić information content (AvgIpc) is 2.34. The molecular formula is C15H16O. The molecule has 2 aromatic rings. The third-order valence-corrected chi connectivity index (χ3v) is 2.76. The molecule has 0 amide bonds. The Bertz CT molecular complexity index is 486. The third-order valence-electron chi connectivity index (χ3n) is 2.76. The van der Waals surface area contributed by atoms with Crippen LogP contribution in [-0.4, -0.2) is 5.11 Å². The number of aliphatic hydroxyl groups excluding tert-OH is 1. The van der Waals surface area contributed by atoms with Gasteiger partial charge in [-0.15, -0.1) is 0 Å². The number of aryl methyl sites for hydroxylation is 1. The van der Waals surface area contributed by atoms with E-state index in [0.29, 0.717) is 0 Å². The molecular weight excluding hydrogens is 196 g/mol. The summed E-state index contributed by atoms with van der Waals surface area (Å²) >= 11 is 0. The fraction of sp³-hybridized carbons (Fsp3) is 0.200. The molecule has 0 heterocycles. The van der Waals surface area contributed by atoms with Gasteiger partial charge in [-0.05, 0) is 35.6 Å². The molecule has 0 aliphatic carbocycles. The van der Waals surface area contributed by atoms with E-state index < -0.39 is 0 Å². The number of fused-ring (bicyclic) bond motifs is 1. The van der Waals surface area contributed by atoms with Gasteiger partial charge in [0.2, 0.25) is 0 Å². The minimum absolute atomic E-state index is 0.934. The Morgan fingerprint density at radius 1 is 1.00 bits per heavy atom. The number of unbranched alkanes of at least 4 members (excludes halogenated alkanes) is 1. The van der Waals surface area contributed by atoms with Crippen molar-refractivity contribution < 1.29 is 5.11 Å². The summed E-state index contributed by atoms with van der Waals surface area (Å²) in [5, 5.41) is 11.1. The van der Waals surface area contributed by atoms with E-state index >= 15 is 0 Å². The highest BCUT2D eigenvalue weighted by atomic mass is 16.2. The van der Waals surface area contributed by atoms with E-state index in [-0.39, 0.29) is 0 Å². The largest absolute Gasteiger partial charge is 0.516 e. The fourth-order valence-electron chi connectivity index (χ4n) is 1.89. The second-order valence-electron chi connectivity index (χ2n) is 3.96. The molecule has 0 spiro atoms. The molecule has 0 aliphatic rings. The second-order valence-corrected chi connectivity index (χ2v) is 3.96. The first-order chi connectivity index (χ1) is 7.90. The van der Waals surface area contributed by atoms with Crippen LogP contribution in [-0.2, 0) is 6.42 Å². The monoisotopic (exact) mass is 212 g/mol. The summed E-state index contributed by atoms with van der Waals surface area (Å²) in [5.41, 5.74) is 1.37. The molecule has 0 saturated heterocycles. The van der Waals surface area contributed by atoms with Gasteiger partial charge in [-0.3, -0.25) is 0 Å². The van der Waals surface area contributed by atoms with E-state index in [1.807, 2.05) is 0 Å². The highest BCUT2D eigenvalue weighted by Gasteiger charge is 1.95. The summed E-state index contributed by atoms with van der Waals surface area (Å²) in [7, 11) is 0. The molecule has 1 nitrogen and oxygen atoms in total. The van der Waals surface area contributed by atoms with Gasteiger partial charge in [0.1, 0.15) is 0 Å². The van der Waals surface area contributed by atoms with Gasteiger partial charge >= 0.3 is 0 Å². The van der Waals surface area contributed by atoms with E-state index in [1.165, 1.54) is 16.3 Å². The predicted octanol–water partition coefficient (Wildman–Crippen LogP) is 4.23. The second kappa shape index (κ2) is 5.36. The Labute approximate surface area is 96.0 Å².